The molecule has 1 saturated heterocycles. The number of fused-ring (bicyclic) bond motifs is 2. The highest BCUT2D eigenvalue weighted by atomic mass is 32.2. The average molecular weight is 501 g/mol. The largest absolute Gasteiger partial charge is 0.298 e. The van der Waals surface area contributed by atoms with Crippen LogP contribution in [0, 0.1) is 0 Å². The Bertz CT molecular complexity index is 1520. The quantitative estimate of drug-likeness (QED) is 0.378. The van der Waals surface area contributed by atoms with Gasteiger partial charge in [0.2, 0.25) is 0 Å². The first-order chi connectivity index (χ1) is 17.4. The number of likely N-dealkylation sites (tertiary alicyclic amines) is 1. The van der Waals surface area contributed by atoms with Crippen molar-refractivity contribution in [3.63, 3.8) is 0 Å². The van der Waals surface area contributed by atoms with Gasteiger partial charge in [-0.15, -0.1) is 0 Å². The first-order valence-corrected chi connectivity index (χ1v) is 14.8. The third-order valence-electron chi connectivity index (χ3n) is 8.08. The van der Waals surface area contributed by atoms with Crippen LogP contribution in [0.2, 0.25) is 0 Å². The second-order valence-corrected chi connectivity index (χ2v) is 12.4. The van der Waals surface area contributed by atoms with Crippen molar-refractivity contribution in [2.75, 3.05) is 12.8 Å². The van der Waals surface area contributed by atoms with Gasteiger partial charge in [-0.3, -0.25) is 10.00 Å². The van der Waals surface area contributed by atoms with E-state index in [0.29, 0.717) is 10.9 Å². The second-order valence-electron chi connectivity index (χ2n) is 10.4. The Morgan fingerprint density at radius 3 is 2.39 bits per heavy atom. The van der Waals surface area contributed by atoms with Crippen LogP contribution < -0.4 is 0 Å². The molecule has 1 aliphatic heterocycles. The van der Waals surface area contributed by atoms with Gasteiger partial charge in [0.15, 0.2) is 15.5 Å². The van der Waals surface area contributed by atoms with Crippen LogP contribution in [0.15, 0.2) is 59.6 Å². The third-order valence-corrected chi connectivity index (χ3v) is 9.21. The van der Waals surface area contributed by atoms with Crippen LogP contribution >= 0.6 is 0 Å². The number of aromatic nitrogens is 3. The molecule has 2 aromatic heterocycles. The van der Waals surface area contributed by atoms with Crippen LogP contribution in [0.1, 0.15) is 43.7 Å². The number of nitrogens with zero attached hydrogens (tertiary/aromatic N) is 3. The molecule has 2 atom stereocenters. The zero-order valence-electron chi connectivity index (χ0n) is 20.9. The van der Waals surface area contributed by atoms with Crippen molar-refractivity contribution in [3.8, 4) is 22.4 Å². The average Bonchev–Trinajstić information content (AvgIpc) is 3.43. The molecule has 36 heavy (non-hydrogen) atoms. The summed E-state index contributed by atoms with van der Waals surface area (Å²) in [6.45, 7) is 3.64. The van der Waals surface area contributed by atoms with Gasteiger partial charge in [0.1, 0.15) is 5.69 Å². The molecular weight excluding hydrogens is 468 g/mol. The summed E-state index contributed by atoms with van der Waals surface area (Å²) >= 11 is 0. The molecule has 2 aromatic carbocycles. The number of H-pyrrole nitrogens is 1. The number of hydrogen-bond acceptors (Lipinski definition) is 5. The maximum Gasteiger partial charge on any atom is 0.175 e. The molecular formula is C29H32N4O2S. The lowest BCUT2D eigenvalue weighted by molar-refractivity contribution is 0.174. The highest BCUT2D eigenvalue weighted by Gasteiger charge is 2.29. The van der Waals surface area contributed by atoms with E-state index in [9.17, 15) is 8.42 Å². The molecule has 1 N–H and O–H groups in total. The van der Waals surface area contributed by atoms with E-state index in [1.165, 1.54) is 55.2 Å². The van der Waals surface area contributed by atoms with Crippen molar-refractivity contribution in [2.24, 2.45) is 0 Å². The summed E-state index contributed by atoms with van der Waals surface area (Å²) in [5, 5.41) is 8.43. The molecule has 0 amide bonds. The predicted molar refractivity (Wildman–Crippen MR) is 144 cm³/mol. The molecule has 2 aliphatic rings. The summed E-state index contributed by atoms with van der Waals surface area (Å²) in [5.74, 6) is 0. The number of aryl methyl sites for hydroxylation is 2. The summed E-state index contributed by atoms with van der Waals surface area (Å²) < 4.78 is 23.7. The lowest BCUT2D eigenvalue weighted by Crippen LogP contribution is -2.37. The lowest BCUT2D eigenvalue weighted by atomic mass is 9.96. The Labute approximate surface area is 212 Å². The predicted octanol–water partition coefficient (Wildman–Crippen LogP) is 5.43. The first kappa shape index (κ1) is 23.4. The molecule has 0 radical (unpaired) electrons. The van der Waals surface area contributed by atoms with Gasteiger partial charge in [-0.2, -0.15) is 5.10 Å². The minimum atomic E-state index is -3.24. The molecule has 0 bridgehead atoms. The molecule has 1 fully saturated rings. The van der Waals surface area contributed by atoms with E-state index in [0.717, 1.165) is 46.7 Å². The minimum absolute atomic E-state index is 0.302. The second kappa shape index (κ2) is 9.12. The van der Waals surface area contributed by atoms with Crippen molar-refractivity contribution < 1.29 is 8.42 Å². The molecule has 186 valence electrons. The van der Waals surface area contributed by atoms with Crippen molar-refractivity contribution in [1.29, 1.82) is 0 Å². The maximum atomic E-state index is 11.8. The summed E-state index contributed by atoms with van der Waals surface area (Å²) in [4.78, 5) is 7.69. The Kier molecular flexibility index (Phi) is 5.92. The molecule has 0 spiro atoms. The van der Waals surface area contributed by atoms with Crippen LogP contribution in [0.3, 0.4) is 0 Å². The molecule has 4 aromatic rings. The summed E-state index contributed by atoms with van der Waals surface area (Å²) in [6, 6.07) is 17.3. The van der Waals surface area contributed by atoms with Gasteiger partial charge in [0, 0.05) is 41.0 Å². The number of aromatic amines is 1. The highest BCUT2D eigenvalue weighted by molar-refractivity contribution is 7.90. The summed E-state index contributed by atoms with van der Waals surface area (Å²) in [6.07, 6.45) is 10.5. The van der Waals surface area contributed by atoms with Gasteiger partial charge < -0.3 is 0 Å². The van der Waals surface area contributed by atoms with Crippen LogP contribution in [0.25, 0.3) is 33.4 Å². The fourth-order valence-electron chi connectivity index (χ4n) is 6.04. The zero-order valence-corrected chi connectivity index (χ0v) is 21.7. The topological polar surface area (TPSA) is 79.0 Å². The number of benzene rings is 2. The molecule has 6 rings (SSSR count). The Balaban J connectivity index is 1.29. The maximum absolute atomic E-state index is 11.8. The monoisotopic (exact) mass is 500 g/mol. The Morgan fingerprint density at radius 2 is 1.67 bits per heavy atom. The van der Waals surface area contributed by atoms with Crippen LogP contribution in [0.4, 0.5) is 0 Å². The van der Waals surface area contributed by atoms with E-state index in [2.05, 4.69) is 51.3 Å². The van der Waals surface area contributed by atoms with E-state index in [-0.39, 0.29) is 0 Å². The fourth-order valence-corrected chi connectivity index (χ4v) is 6.67. The van der Waals surface area contributed by atoms with Gasteiger partial charge in [-0.25, -0.2) is 13.4 Å². The standard InChI is InChI=1S/C29H32N4O2S/c1-19-4-3-15-33(19)25-11-7-20-5-6-23(16-22(20)8-12-25)24-17-27-28(31-32-29(27)30-18-24)21-9-13-26(14-10-21)36(2,34)35/h5-6,9-10,13-14,16-19,25H,3-4,7-8,11-12,15H2,1-2H3,(H,30,31,32)/t19-,25?/m0/s1. The van der Waals surface area contributed by atoms with Crippen molar-refractivity contribution in [1.82, 2.24) is 20.1 Å². The van der Waals surface area contributed by atoms with E-state index in [1.54, 1.807) is 24.3 Å². The number of sulfone groups is 1. The van der Waals surface area contributed by atoms with Crippen molar-refractivity contribution in [2.45, 2.75) is 62.4 Å². The fraction of sp³-hybridized carbons (Fsp3) is 0.379. The van der Waals surface area contributed by atoms with Gasteiger partial charge >= 0.3 is 0 Å². The van der Waals surface area contributed by atoms with Crippen molar-refractivity contribution >= 4 is 20.9 Å². The first-order valence-electron chi connectivity index (χ1n) is 12.9. The normalized spacial score (nSPS) is 20.9. The number of rotatable bonds is 4. The SMILES string of the molecule is C[C@H]1CCCN1C1CCc2ccc(-c3cnc4[nH]nc(-c5ccc(S(C)(=O)=O)cc5)c4c3)cc2CC1. The van der Waals surface area contributed by atoms with E-state index < -0.39 is 9.84 Å². The zero-order chi connectivity index (χ0) is 24.9. The van der Waals surface area contributed by atoms with E-state index >= 15 is 0 Å². The molecule has 3 heterocycles. The lowest BCUT2D eigenvalue weighted by Gasteiger charge is -2.30. The highest BCUT2D eigenvalue weighted by Crippen LogP contribution is 2.33. The summed E-state index contributed by atoms with van der Waals surface area (Å²) in [5.41, 5.74) is 7.54. The molecule has 0 saturated carbocycles. The van der Waals surface area contributed by atoms with E-state index in [1.807, 2.05) is 6.20 Å². The van der Waals surface area contributed by atoms with E-state index in [4.69, 9.17) is 0 Å². The molecule has 7 heteroatoms. The number of hydrogen-bond donors (Lipinski definition) is 1. The van der Waals surface area contributed by atoms with Gasteiger partial charge in [-0.05, 0) is 86.9 Å². The minimum Gasteiger partial charge on any atom is -0.298 e. The smallest absolute Gasteiger partial charge is 0.175 e. The van der Waals surface area contributed by atoms with Gasteiger partial charge in [0.05, 0.1) is 4.90 Å². The molecule has 1 aliphatic carbocycles. The Morgan fingerprint density at radius 1 is 0.917 bits per heavy atom. The molecule has 6 nitrogen and oxygen atoms in total. The van der Waals surface area contributed by atoms with Crippen LogP contribution in [-0.2, 0) is 22.7 Å². The number of nitrogens with one attached hydrogen (secondary N) is 1. The van der Waals surface area contributed by atoms with Crippen LogP contribution in [-0.4, -0.2) is 53.4 Å². The van der Waals surface area contributed by atoms with Crippen molar-refractivity contribution in [3.05, 3.63) is 65.9 Å². The third kappa shape index (κ3) is 4.35. The van der Waals surface area contributed by atoms with Gasteiger partial charge in [-0.1, -0.05) is 30.3 Å². The molecule has 1 unspecified atom stereocenters. The van der Waals surface area contributed by atoms with Gasteiger partial charge in [0.25, 0.3) is 0 Å². The summed E-state index contributed by atoms with van der Waals surface area (Å²) in [7, 11) is -3.24. The van der Waals surface area contributed by atoms with Crippen LogP contribution in [0.5, 0.6) is 0 Å². The Hall–Kier alpha value is -3.03. The number of pyridine rings is 1.